The molecule has 0 atom stereocenters. The van der Waals surface area contributed by atoms with Crippen LogP contribution in [0.15, 0.2) is 17.1 Å². The molecule has 4 rings (SSSR count). The number of benzene rings is 1. The molecule has 25 heavy (non-hydrogen) atoms. The van der Waals surface area contributed by atoms with Crippen LogP contribution in [-0.2, 0) is 6.54 Å². The summed E-state index contributed by atoms with van der Waals surface area (Å²) >= 11 is 18.7. The third-order valence-corrected chi connectivity index (χ3v) is 5.41. The van der Waals surface area contributed by atoms with E-state index in [9.17, 15) is 4.79 Å². The number of halogens is 3. The monoisotopic (exact) mass is 397 g/mol. The summed E-state index contributed by atoms with van der Waals surface area (Å²) in [5, 5.41) is 1.21. The molecule has 2 aliphatic rings. The van der Waals surface area contributed by atoms with Crippen LogP contribution in [0.3, 0.4) is 0 Å². The third-order valence-electron chi connectivity index (χ3n) is 4.39. The maximum atomic E-state index is 12.5. The van der Waals surface area contributed by atoms with E-state index in [1.165, 1.54) is 4.90 Å². The van der Waals surface area contributed by atoms with Crippen LogP contribution in [0.25, 0.3) is 11.4 Å². The van der Waals surface area contributed by atoms with E-state index in [1.807, 2.05) is 11.5 Å². The molecule has 0 saturated heterocycles. The highest BCUT2D eigenvalue weighted by Crippen LogP contribution is 2.39. The fraction of sp³-hybridized carbons (Fsp3) is 0.312. The van der Waals surface area contributed by atoms with E-state index in [0.29, 0.717) is 57.7 Å². The first-order chi connectivity index (χ1) is 11.9. The molecule has 0 bridgehead atoms. The molecule has 0 N–H and O–H groups in total. The minimum absolute atomic E-state index is 0.133. The minimum Gasteiger partial charge on any atom is -0.320 e. The van der Waals surface area contributed by atoms with Crippen LogP contribution in [0.5, 0.6) is 0 Å². The largest absolute Gasteiger partial charge is 0.331 e. The molecule has 0 saturated carbocycles. The smallest absolute Gasteiger partial charge is 0.320 e. The Bertz CT molecular complexity index is 936. The lowest BCUT2D eigenvalue weighted by Gasteiger charge is -2.30. The molecule has 0 aliphatic carbocycles. The molecule has 9 heteroatoms. The van der Waals surface area contributed by atoms with E-state index in [2.05, 4.69) is 9.98 Å². The number of rotatable bonds is 2. The lowest BCUT2D eigenvalue weighted by Crippen LogP contribution is -2.48. The Morgan fingerprint density at radius 1 is 1.24 bits per heavy atom. The summed E-state index contributed by atoms with van der Waals surface area (Å²) in [4.78, 5) is 24.9. The van der Waals surface area contributed by atoms with Crippen molar-refractivity contribution in [2.75, 3.05) is 25.0 Å². The van der Waals surface area contributed by atoms with Crippen molar-refractivity contribution in [2.24, 2.45) is 4.99 Å². The van der Waals surface area contributed by atoms with Gasteiger partial charge in [0.05, 0.1) is 16.6 Å². The summed E-state index contributed by atoms with van der Waals surface area (Å²) in [7, 11) is 1.71. The van der Waals surface area contributed by atoms with Crippen LogP contribution in [-0.4, -0.2) is 46.5 Å². The highest BCUT2D eigenvalue weighted by Gasteiger charge is 2.40. The zero-order valence-corrected chi connectivity index (χ0v) is 15.8. The Morgan fingerprint density at radius 2 is 2.00 bits per heavy atom. The zero-order valence-electron chi connectivity index (χ0n) is 13.6. The molecule has 6 nitrogen and oxygen atoms in total. The van der Waals surface area contributed by atoms with Crippen LogP contribution in [0.2, 0.25) is 15.1 Å². The summed E-state index contributed by atoms with van der Waals surface area (Å²) in [6, 6.07) is 3.18. The van der Waals surface area contributed by atoms with Crippen molar-refractivity contribution in [3.63, 3.8) is 0 Å². The second-order valence-corrected chi connectivity index (χ2v) is 7.02. The van der Waals surface area contributed by atoms with Crippen molar-refractivity contribution in [1.82, 2.24) is 14.5 Å². The van der Waals surface area contributed by atoms with Crippen LogP contribution in [0.4, 0.5) is 10.6 Å². The molecule has 130 valence electrons. The Morgan fingerprint density at radius 3 is 2.72 bits per heavy atom. The van der Waals surface area contributed by atoms with Crippen molar-refractivity contribution < 1.29 is 4.79 Å². The number of aromatic nitrogens is 2. The number of hydrogen-bond donors (Lipinski definition) is 0. The SMILES string of the molecule is CCn1c(-c2cc(Cl)cc(Cl)c2Cl)nc2c1C1=NCCN1C(=O)N2C. The maximum Gasteiger partial charge on any atom is 0.331 e. The van der Waals surface area contributed by atoms with Crippen LogP contribution >= 0.6 is 34.8 Å². The van der Waals surface area contributed by atoms with Gasteiger partial charge in [0.15, 0.2) is 11.7 Å². The van der Waals surface area contributed by atoms with Gasteiger partial charge in [0.1, 0.15) is 11.5 Å². The standard InChI is InChI=1S/C16H14Cl3N5O/c1-3-23-12-14-20-4-5-24(14)16(25)22(2)15(12)21-13(23)9-6-8(17)7-10(18)11(9)19/h6-7H,3-5H2,1-2H3. The van der Waals surface area contributed by atoms with E-state index in [0.717, 1.165) is 5.69 Å². The molecule has 0 spiro atoms. The molecule has 2 aliphatic heterocycles. The fourth-order valence-corrected chi connectivity index (χ4v) is 3.92. The van der Waals surface area contributed by atoms with Gasteiger partial charge in [-0.2, -0.15) is 0 Å². The quantitative estimate of drug-likeness (QED) is 0.713. The highest BCUT2D eigenvalue weighted by molar-refractivity contribution is 6.45. The Labute approximate surface area is 159 Å². The van der Waals surface area contributed by atoms with E-state index < -0.39 is 0 Å². The van der Waals surface area contributed by atoms with Gasteiger partial charge < -0.3 is 4.57 Å². The fourth-order valence-electron chi connectivity index (χ4n) is 3.23. The van der Waals surface area contributed by atoms with Crippen molar-refractivity contribution in [3.8, 4) is 11.4 Å². The number of aliphatic imine (C=N–C) groups is 1. The summed E-state index contributed by atoms with van der Waals surface area (Å²) in [5.41, 5.74) is 1.44. The summed E-state index contributed by atoms with van der Waals surface area (Å²) in [6.45, 7) is 3.79. The topological polar surface area (TPSA) is 53.7 Å². The normalized spacial score (nSPS) is 16.2. The Balaban J connectivity index is 2.01. The lowest BCUT2D eigenvalue weighted by atomic mass is 10.2. The number of hydrogen-bond acceptors (Lipinski definition) is 3. The summed E-state index contributed by atoms with van der Waals surface area (Å²) in [6.07, 6.45) is 0. The lowest BCUT2D eigenvalue weighted by molar-refractivity contribution is 0.230. The molecule has 0 unspecified atom stereocenters. The first-order valence-electron chi connectivity index (χ1n) is 7.79. The van der Waals surface area contributed by atoms with E-state index in [1.54, 1.807) is 24.1 Å². The first-order valence-corrected chi connectivity index (χ1v) is 8.93. The predicted octanol–water partition coefficient (Wildman–Crippen LogP) is 4.16. The van der Waals surface area contributed by atoms with Gasteiger partial charge in [0, 0.05) is 30.7 Å². The van der Waals surface area contributed by atoms with E-state index in [4.69, 9.17) is 34.8 Å². The van der Waals surface area contributed by atoms with Crippen molar-refractivity contribution >= 4 is 52.5 Å². The van der Waals surface area contributed by atoms with Crippen molar-refractivity contribution in [1.29, 1.82) is 0 Å². The number of fused-ring (bicyclic) bond motifs is 3. The van der Waals surface area contributed by atoms with E-state index in [-0.39, 0.29) is 6.03 Å². The first kappa shape index (κ1) is 16.7. The van der Waals surface area contributed by atoms with Gasteiger partial charge in [-0.1, -0.05) is 34.8 Å². The van der Waals surface area contributed by atoms with Gasteiger partial charge in [-0.3, -0.25) is 14.8 Å². The Kier molecular flexibility index (Phi) is 3.94. The van der Waals surface area contributed by atoms with Gasteiger partial charge in [-0.25, -0.2) is 9.78 Å². The molecular weight excluding hydrogens is 385 g/mol. The van der Waals surface area contributed by atoms with Crippen molar-refractivity contribution in [2.45, 2.75) is 13.5 Å². The van der Waals surface area contributed by atoms with Crippen LogP contribution in [0, 0.1) is 0 Å². The number of amidine groups is 1. The number of imidazole rings is 1. The molecule has 0 radical (unpaired) electrons. The predicted molar refractivity (Wildman–Crippen MR) is 100 cm³/mol. The second-order valence-electron chi connectivity index (χ2n) is 5.80. The minimum atomic E-state index is -0.133. The molecular formula is C16H14Cl3N5O. The Hall–Kier alpha value is -1.76. The molecule has 2 amide bonds. The summed E-state index contributed by atoms with van der Waals surface area (Å²) < 4.78 is 1.99. The van der Waals surface area contributed by atoms with Crippen LogP contribution < -0.4 is 4.90 Å². The maximum absolute atomic E-state index is 12.5. The van der Waals surface area contributed by atoms with Gasteiger partial charge in [0.25, 0.3) is 0 Å². The van der Waals surface area contributed by atoms with Gasteiger partial charge >= 0.3 is 6.03 Å². The number of carbonyl (C=O) groups excluding carboxylic acids is 1. The number of anilines is 1. The van der Waals surface area contributed by atoms with E-state index >= 15 is 0 Å². The second kappa shape index (κ2) is 5.90. The highest BCUT2D eigenvalue weighted by atomic mass is 35.5. The summed E-state index contributed by atoms with van der Waals surface area (Å²) in [5.74, 6) is 1.83. The van der Waals surface area contributed by atoms with Gasteiger partial charge in [0.2, 0.25) is 0 Å². The van der Waals surface area contributed by atoms with Gasteiger partial charge in [-0.05, 0) is 19.1 Å². The number of carbonyl (C=O) groups is 1. The number of nitrogens with zero attached hydrogens (tertiary/aromatic N) is 5. The average Bonchev–Trinajstić information content (AvgIpc) is 3.19. The molecule has 2 aromatic rings. The number of amides is 2. The molecule has 1 aromatic carbocycles. The number of urea groups is 1. The average molecular weight is 399 g/mol. The van der Waals surface area contributed by atoms with Crippen molar-refractivity contribution in [3.05, 3.63) is 32.9 Å². The molecule has 1 aromatic heterocycles. The third kappa shape index (κ3) is 2.35. The zero-order chi connectivity index (χ0) is 17.9. The van der Waals surface area contributed by atoms with Gasteiger partial charge in [-0.15, -0.1) is 0 Å². The molecule has 0 fully saturated rings. The molecule has 3 heterocycles. The van der Waals surface area contributed by atoms with Crippen LogP contribution in [0.1, 0.15) is 12.6 Å².